The molecule has 0 bridgehead atoms. The second kappa shape index (κ2) is 9.04. The quantitative estimate of drug-likeness (QED) is 0.590. The summed E-state index contributed by atoms with van der Waals surface area (Å²) in [6.45, 7) is 4.47. The molecule has 0 radical (unpaired) electrons. The van der Waals surface area contributed by atoms with Gasteiger partial charge in [-0.1, -0.05) is 12.1 Å². The zero-order valence-corrected chi connectivity index (χ0v) is 17.5. The smallest absolute Gasteiger partial charge is 0.335 e. The number of barbiturate groups is 1. The molecule has 4 amide bonds. The second-order valence-corrected chi connectivity index (χ2v) is 7.52. The Kier molecular flexibility index (Phi) is 6.02. The Hall–Kier alpha value is -3.61. The van der Waals surface area contributed by atoms with Gasteiger partial charge in [-0.2, -0.15) is 0 Å². The Morgan fingerprint density at radius 2 is 1.55 bits per heavy atom. The molecule has 0 aliphatic carbocycles. The Bertz CT molecular complexity index is 1010. The molecule has 4 rings (SSSR count). The van der Waals surface area contributed by atoms with Crippen LogP contribution < -0.4 is 19.9 Å². The number of hydrogen-bond acceptors (Lipinski definition) is 5. The summed E-state index contributed by atoms with van der Waals surface area (Å²) in [5.41, 5.74) is 2.14. The third-order valence-electron chi connectivity index (χ3n) is 5.43. The number of nitrogens with one attached hydrogen (secondary N) is 1. The lowest BCUT2D eigenvalue weighted by Crippen LogP contribution is -2.54. The van der Waals surface area contributed by atoms with Crippen molar-refractivity contribution in [1.82, 2.24) is 5.32 Å². The molecule has 160 valence electrons. The summed E-state index contributed by atoms with van der Waals surface area (Å²) in [5, 5.41) is 2.25. The first-order chi connectivity index (χ1) is 15.1. The van der Waals surface area contributed by atoms with E-state index in [9.17, 15) is 14.4 Å². The van der Waals surface area contributed by atoms with Gasteiger partial charge in [0.25, 0.3) is 11.8 Å². The van der Waals surface area contributed by atoms with E-state index < -0.39 is 17.8 Å². The highest BCUT2D eigenvalue weighted by Gasteiger charge is 2.36. The molecule has 2 aliphatic rings. The van der Waals surface area contributed by atoms with Crippen molar-refractivity contribution in [3.63, 3.8) is 0 Å². The fraction of sp³-hybridized carbons (Fsp3) is 0.292. The first kappa shape index (κ1) is 20.7. The van der Waals surface area contributed by atoms with Crippen LogP contribution in [0, 0.1) is 0 Å². The van der Waals surface area contributed by atoms with E-state index in [2.05, 4.69) is 10.2 Å². The molecule has 7 nitrogen and oxygen atoms in total. The van der Waals surface area contributed by atoms with Gasteiger partial charge in [-0.05, 0) is 74.2 Å². The predicted molar refractivity (Wildman–Crippen MR) is 119 cm³/mol. The van der Waals surface area contributed by atoms with E-state index in [-0.39, 0.29) is 5.57 Å². The summed E-state index contributed by atoms with van der Waals surface area (Å²) in [4.78, 5) is 41.0. The highest BCUT2D eigenvalue weighted by atomic mass is 16.5. The van der Waals surface area contributed by atoms with Crippen molar-refractivity contribution in [3.05, 3.63) is 59.7 Å². The first-order valence-corrected chi connectivity index (χ1v) is 10.6. The van der Waals surface area contributed by atoms with Crippen molar-refractivity contribution < 1.29 is 19.1 Å². The lowest BCUT2D eigenvalue weighted by Gasteiger charge is -2.29. The van der Waals surface area contributed by atoms with Crippen LogP contribution in [0.3, 0.4) is 0 Å². The molecule has 7 heteroatoms. The maximum absolute atomic E-state index is 13.0. The van der Waals surface area contributed by atoms with Crippen LogP contribution in [0.1, 0.15) is 31.7 Å². The van der Waals surface area contributed by atoms with Crippen LogP contribution in [0.2, 0.25) is 0 Å². The number of anilines is 2. The molecule has 2 aromatic rings. The van der Waals surface area contributed by atoms with Crippen LogP contribution in [-0.2, 0) is 9.59 Å². The number of amides is 4. The van der Waals surface area contributed by atoms with Crippen LogP contribution in [0.25, 0.3) is 6.08 Å². The molecule has 2 aromatic carbocycles. The zero-order valence-electron chi connectivity index (χ0n) is 17.5. The number of ether oxygens (including phenoxy) is 1. The van der Waals surface area contributed by atoms with Crippen molar-refractivity contribution >= 4 is 35.3 Å². The largest absolute Gasteiger partial charge is 0.494 e. The van der Waals surface area contributed by atoms with E-state index >= 15 is 0 Å². The van der Waals surface area contributed by atoms with Crippen LogP contribution in [-0.4, -0.2) is 37.5 Å². The number of hydrogen-bond donors (Lipinski definition) is 1. The van der Waals surface area contributed by atoms with Gasteiger partial charge in [-0.3, -0.25) is 14.9 Å². The number of nitrogens with zero attached hydrogens (tertiary/aromatic N) is 2. The lowest BCUT2D eigenvalue weighted by atomic mass is 10.1. The standard InChI is InChI=1S/C24H25N3O4/c1-2-31-20-12-10-19(11-13-20)27-23(29)21(22(28)25-24(27)30)16-17-6-8-18(9-7-17)26-14-4-3-5-15-26/h6-13,16H,2-5,14-15H2,1H3,(H,25,28,30)/b21-16+. The molecular weight excluding hydrogens is 394 g/mol. The number of rotatable bonds is 5. The normalized spacial score (nSPS) is 18.4. The fourth-order valence-electron chi connectivity index (χ4n) is 3.85. The second-order valence-electron chi connectivity index (χ2n) is 7.52. The molecule has 1 N–H and O–H groups in total. The maximum Gasteiger partial charge on any atom is 0.335 e. The van der Waals surface area contributed by atoms with Crippen molar-refractivity contribution in [2.24, 2.45) is 0 Å². The molecule has 2 heterocycles. The summed E-state index contributed by atoms with van der Waals surface area (Å²) in [6, 6.07) is 13.6. The third-order valence-corrected chi connectivity index (χ3v) is 5.43. The van der Waals surface area contributed by atoms with Crippen LogP contribution in [0.5, 0.6) is 5.75 Å². The van der Waals surface area contributed by atoms with E-state index in [1.807, 2.05) is 31.2 Å². The summed E-state index contributed by atoms with van der Waals surface area (Å²) < 4.78 is 5.40. The molecule has 0 spiro atoms. The van der Waals surface area contributed by atoms with Crippen molar-refractivity contribution in [2.75, 3.05) is 29.5 Å². The molecule has 0 atom stereocenters. The molecule has 2 saturated heterocycles. The number of carbonyl (C=O) groups is 3. The van der Waals surface area contributed by atoms with Gasteiger partial charge >= 0.3 is 6.03 Å². The van der Waals surface area contributed by atoms with Gasteiger partial charge in [0.15, 0.2) is 0 Å². The molecule has 2 fully saturated rings. The Labute approximate surface area is 181 Å². The monoisotopic (exact) mass is 419 g/mol. The van der Waals surface area contributed by atoms with Gasteiger partial charge in [-0.15, -0.1) is 0 Å². The third kappa shape index (κ3) is 4.45. The van der Waals surface area contributed by atoms with Gasteiger partial charge in [-0.25, -0.2) is 9.69 Å². The average Bonchev–Trinajstić information content (AvgIpc) is 2.79. The number of piperidine rings is 1. The fourth-order valence-corrected chi connectivity index (χ4v) is 3.85. The number of carbonyl (C=O) groups excluding carboxylic acids is 3. The van der Waals surface area contributed by atoms with Gasteiger partial charge in [0.05, 0.1) is 12.3 Å². The number of benzene rings is 2. The highest BCUT2D eigenvalue weighted by molar-refractivity contribution is 6.39. The summed E-state index contributed by atoms with van der Waals surface area (Å²) in [6.07, 6.45) is 5.17. The maximum atomic E-state index is 13.0. The average molecular weight is 419 g/mol. The highest BCUT2D eigenvalue weighted by Crippen LogP contribution is 2.25. The number of imide groups is 2. The summed E-state index contributed by atoms with van der Waals surface area (Å²) in [5.74, 6) is -0.716. The zero-order chi connectivity index (χ0) is 21.8. The minimum absolute atomic E-state index is 0.0841. The van der Waals surface area contributed by atoms with Crippen molar-refractivity contribution in [1.29, 1.82) is 0 Å². The van der Waals surface area contributed by atoms with Gasteiger partial charge < -0.3 is 9.64 Å². The topological polar surface area (TPSA) is 79.0 Å². The molecular formula is C24H25N3O4. The molecule has 0 unspecified atom stereocenters. The minimum Gasteiger partial charge on any atom is -0.494 e. The minimum atomic E-state index is -0.767. The molecule has 31 heavy (non-hydrogen) atoms. The Balaban J connectivity index is 1.56. The predicted octanol–water partition coefficient (Wildman–Crippen LogP) is 3.74. The van der Waals surface area contributed by atoms with E-state index in [4.69, 9.17) is 4.74 Å². The molecule has 2 aliphatic heterocycles. The van der Waals surface area contributed by atoms with Crippen molar-refractivity contribution in [3.8, 4) is 5.75 Å². The van der Waals surface area contributed by atoms with E-state index in [0.29, 0.717) is 18.0 Å². The van der Waals surface area contributed by atoms with Gasteiger partial charge in [0, 0.05) is 18.8 Å². The molecule has 0 saturated carbocycles. The van der Waals surface area contributed by atoms with Crippen LogP contribution in [0.4, 0.5) is 16.2 Å². The van der Waals surface area contributed by atoms with E-state index in [1.54, 1.807) is 24.3 Å². The van der Waals surface area contributed by atoms with Crippen LogP contribution in [0.15, 0.2) is 54.1 Å². The van der Waals surface area contributed by atoms with Gasteiger partial charge in [0.1, 0.15) is 11.3 Å². The molecule has 0 aromatic heterocycles. The summed E-state index contributed by atoms with van der Waals surface area (Å²) >= 11 is 0. The SMILES string of the molecule is CCOc1ccc(N2C(=O)NC(=O)/C(=C\c3ccc(N4CCCCC4)cc3)C2=O)cc1. The summed E-state index contributed by atoms with van der Waals surface area (Å²) in [7, 11) is 0. The van der Waals surface area contributed by atoms with Crippen molar-refractivity contribution in [2.45, 2.75) is 26.2 Å². The van der Waals surface area contributed by atoms with E-state index in [1.165, 1.54) is 25.3 Å². The first-order valence-electron chi connectivity index (χ1n) is 10.6. The number of urea groups is 1. The van der Waals surface area contributed by atoms with E-state index in [0.717, 1.165) is 29.2 Å². The Morgan fingerprint density at radius 3 is 2.19 bits per heavy atom. The Morgan fingerprint density at radius 1 is 0.903 bits per heavy atom. The lowest BCUT2D eigenvalue weighted by molar-refractivity contribution is -0.122. The van der Waals surface area contributed by atoms with Gasteiger partial charge in [0.2, 0.25) is 0 Å². The van der Waals surface area contributed by atoms with Crippen LogP contribution >= 0.6 is 0 Å².